The first-order chi connectivity index (χ1) is 8.21. The molecular weight excluding hydrogens is 220 g/mol. The van der Waals surface area contributed by atoms with Gasteiger partial charge < -0.3 is 4.74 Å². The quantitative estimate of drug-likeness (QED) is 0.656. The van der Waals surface area contributed by atoms with Gasteiger partial charge in [-0.2, -0.15) is 5.10 Å². The maximum absolute atomic E-state index is 11.3. The van der Waals surface area contributed by atoms with E-state index in [0.29, 0.717) is 13.1 Å². The zero-order valence-corrected chi connectivity index (χ0v) is 10.7. The third-order valence-electron chi connectivity index (χ3n) is 2.48. The van der Waals surface area contributed by atoms with E-state index in [9.17, 15) is 4.79 Å². The topological polar surface area (TPSA) is 60.3 Å². The van der Waals surface area contributed by atoms with E-state index in [1.165, 1.54) is 7.11 Å². The Kier molecular flexibility index (Phi) is 5.62. The summed E-state index contributed by atoms with van der Waals surface area (Å²) in [6, 6.07) is 0. The van der Waals surface area contributed by atoms with Crippen LogP contribution in [0.3, 0.4) is 0 Å². The Labute approximate surface area is 102 Å². The number of aromatic nitrogens is 3. The summed E-state index contributed by atoms with van der Waals surface area (Å²) in [5.74, 6) is 0.658. The van der Waals surface area contributed by atoms with Gasteiger partial charge in [-0.25, -0.2) is 9.67 Å². The second-order valence-corrected chi connectivity index (χ2v) is 3.78. The van der Waals surface area contributed by atoms with Gasteiger partial charge in [-0.05, 0) is 19.9 Å². The number of ether oxygens (including phenoxy) is 1. The predicted molar refractivity (Wildman–Crippen MR) is 63.3 cm³/mol. The lowest BCUT2D eigenvalue weighted by atomic mass is 10.3. The molecule has 0 aliphatic carbocycles. The lowest BCUT2D eigenvalue weighted by Crippen LogP contribution is -2.32. The highest BCUT2D eigenvalue weighted by Crippen LogP contribution is 2.02. The van der Waals surface area contributed by atoms with Crippen molar-refractivity contribution in [3.8, 4) is 0 Å². The number of aryl methyl sites for hydroxylation is 1. The molecule has 0 radical (unpaired) electrons. The summed E-state index contributed by atoms with van der Waals surface area (Å²) >= 11 is 0. The van der Waals surface area contributed by atoms with E-state index >= 15 is 0 Å². The zero-order valence-electron chi connectivity index (χ0n) is 10.7. The lowest BCUT2D eigenvalue weighted by molar-refractivity contribution is -0.142. The summed E-state index contributed by atoms with van der Waals surface area (Å²) in [5, 5.41) is 4.11. The van der Waals surface area contributed by atoms with Crippen molar-refractivity contribution in [1.29, 1.82) is 0 Å². The average molecular weight is 240 g/mol. The van der Waals surface area contributed by atoms with Gasteiger partial charge in [0.15, 0.2) is 0 Å². The van der Waals surface area contributed by atoms with Crippen LogP contribution in [0.5, 0.6) is 0 Å². The summed E-state index contributed by atoms with van der Waals surface area (Å²) in [5.41, 5.74) is 0. The monoisotopic (exact) mass is 240 g/mol. The van der Waals surface area contributed by atoms with Crippen LogP contribution in [0, 0.1) is 0 Å². The molecule has 0 aliphatic heterocycles. The highest BCUT2D eigenvalue weighted by atomic mass is 16.5. The first-order valence-electron chi connectivity index (χ1n) is 5.87. The third-order valence-corrected chi connectivity index (χ3v) is 2.48. The smallest absolute Gasteiger partial charge is 0.319 e. The minimum Gasteiger partial charge on any atom is -0.468 e. The van der Waals surface area contributed by atoms with Crippen LogP contribution in [-0.4, -0.2) is 45.8 Å². The minimum absolute atomic E-state index is 0.221. The highest BCUT2D eigenvalue weighted by Gasteiger charge is 2.13. The fourth-order valence-corrected chi connectivity index (χ4v) is 1.65. The number of hydrogen-bond donors (Lipinski definition) is 0. The number of nitrogens with zero attached hydrogens (tertiary/aromatic N) is 4. The predicted octanol–water partition coefficient (Wildman–Crippen LogP) is 0.683. The molecule has 17 heavy (non-hydrogen) atoms. The molecule has 0 unspecified atom stereocenters. The highest BCUT2D eigenvalue weighted by molar-refractivity contribution is 5.71. The van der Waals surface area contributed by atoms with E-state index < -0.39 is 0 Å². The van der Waals surface area contributed by atoms with Gasteiger partial charge in [-0.3, -0.25) is 9.69 Å². The number of carbonyl (C=O) groups is 1. The number of esters is 1. The van der Waals surface area contributed by atoms with E-state index in [1.807, 2.05) is 16.5 Å². The maximum atomic E-state index is 11.3. The molecule has 1 rings (SSSR count). The van der Waals surface area contributed by atoms with Crippen molar-refractivity contribution in [2.45, 2.75) is 33.4 Å². The first-order valence-corrected chi connectivity index (χ1v) is 5.87. The van der Waals surface area contributed by atoms with Crippen LogP contribution < -0.4 is 0 Å². The minimum atomic E-state index is -0.221. The van der Waals surface area contributed by atoms with Crippen LogP contribution in [-0.2, 0) is 22.6 Å². The Morgan fingerprint density at radius 2 is 2.29 bits per heavy atom. The Morgan fingerprint density at radius 3 is 2.88 bits per heavy atom. The first kappa shape index (κ1) is 13.6. The van der Waals surface area contributed by atoms with Crippen molar-refractivity contribution >= 4 is 5.97 Å². The van der Waals surface area contributed by atoms with Crippen LogP contribution in [0.1, 0.15) is 26.1 Å². The molecule has 0 N–H and O–H groups in total. The van der Waals surface area contributed by atoms with Gasteiger partial charge in [0, 0.05) is 6.54 Å². The van der Waals surface area contributed by atoms with Crippen molar-refractivity contribution in [2.24, 2.45) is 0 Å². The number of hydrogen-bond acceptors (Lipinski definition) is 5. The van der Waals surface area contributed by atoms with Crippen molar-refractivity contribution in [3.63, 3.8) is 0 Å². The van der Waals surface area contributed by atoms with Crippen LogP contribution in [0.2, 0.25) is 0 Å². The summed E-state index contributed by atoms with van der Waals surface area (Å²) in [6.07, 6.45) is 2.53. The molecule has 0 aliphatic rings. The summed E-state index contributed by atoms with van der Waals surface area (Å²) in [7, 11) is 1.40. The molecule has 0 saturated carbocycles. The molecule has 0 fully saturated rings. The molecule has 0 spiro atoms. The van der Waals surface area contributed by atoms with Gasteiger partial charge in [0.2, 0.25) is 0 Å². The summed E-state index contributed by atoms with van der Waals surface area (Å²) < 4.78 is 6.51. The number of carbonyl (C=O) groups excluding carboxylic acids is 1. The fraction of sp³-hybridized carbons (Fsp3) is 0.727. The van der Waals surface area contributed by atoms with Gasteiger partial charge in [0.05, 0.1) is 20.2 Å². The zero-order chi connectivity index (χ0) is 12.7. The van der Waals surface area contributed by atoms with Gasteiger partial charge in [-0.15, -0.1) is 0 Å². The van der Waals surface area contributed by atoms with E-state index in [1.54, 1.807) is 6.33 Å². The van der Waals surface area contributed by atoms with Crippen LogP contribution in [0.25, 0.3) is 0 Å². The molecule has 0 saturated heterocycles. The number of rotatable bonds is 7. The maximum Gasteiger partial charge on any atom is 0.319 e. The van der Waals surface area contributed by atoms with Crippen LogP contribution in [0.4, 0.5) is 0 Å². The van der Waals surface area contributed by atoms with Crippen LogP contribution >= 0.6 is 0 Å². The molecule has 0 aromatic carbocycles. The van der Waals surface area contributed by atoms with Crippen LogP contribution in [0.15, 0.2) is 6.33 Å². The molecule has 6 heteroatoms. The van der Waals surface area contributed by atoms with Crippen molar-refractivity contribution in [1.82, 2.24) is 19.7 Å². The van der Waals surface area contributed by atoms with Gasteiger partial charge >= 0.3 is 5.97 Å². The molecule has 0 bridgehead atoms. The molecule has 96 valence electrons. The standard InChI is InChI=1S/C11H20N4O2/c1-4-6-14(8-11(16)17-3)7-10-12-9-13-15(10)5-2/h9H,4-8H2,1-3H3. The molecule has 1 aromatic rings. The van der Waals surface area contributed by atoms with Crippen molar-refractivity contribution < 1.29 is 9.53 Å². The second kappa shape index (κ2) is 7.01. The molecule has 6 nitrogen and oxygen atoms in total. The van der Waals surface area contributed by atoms with E-state index in [-0.39, 0.29) is 5.97 Å². The normalized spacial score (nSPS) is 10.8. The second-order valence-electron chi connectivity index (χ2n) is 3.78. The Balaban J connectivity index is 2.62. The van der Waals surface area contributed by atoms with E-state index in [0.717, 1.165) is 25.3 Å². The van der Waals surface area contributed by atoms with Gasteiger partial charge in [0.25, 0.3) is 0 Å². The Hall–Kier alpha value is -1.43. The molecular formula is C11H20N4O2. The molecule has 0 atom stereocenters. The van der Waals surface area contributed by atoms with E-state index in [2.05, 4.69) is 21.7 Å². The van der Waals surface area contributed by atoms with Crippen molar-refractivity contribution in [2.75, 3.05) is 20.2 Å². The Morgan fingerprint density at radius 1 is 1.53 bits per heavy atom. The molecule has 1 aromatic heterocycles. The largest absolute Gasteiger partial charge is 0.468 e. The van der Waals surface area contributed by atoms with Gasteiger partial charge in [0.1, 0.15) is 12.2 Å². The third kappa shape index (κ3) is 4.14. The van der Waals surface area contributed by atoms with Gasteiger partial charge in [-0.1, -0.05) is 6.92 Å². The fourth-order valence-electron chi connectivity index (χ4n) is 1.65. The number of methoxy groups -OCH3 is 1. The molecule has 0 amide bonds. The van der Waals surface area contributed by atoms with Crippen molar-refractivity contribution in [3.05, 3.63) is 12.2 Å². The summed E-state index contributed by atoms with van der Waals surface area (Å²) in [4.78, 5) is 17.5. The molecule has 1 heterocycles. The summed E-state index contributed by atoms with van der Waals surface area (Å²) in [6.45, 7) is 6.63. The SMILES string of the molecule is CCCN(CC(=O)OC)Cc1ncnn1CC. The Bertz CT molecular complexity index is 351. The average Bonchev–Trinajstić information content (AvgIpc) is 2.76. The van der Waals surface area contributed by atoms with E-state index in [4.69, 9.17) is 0 Å². The lowest BCUT2D eigenvalue weighted by Gasteiger charge is -2.19.